The quantitative estimate of drug-likeness (QED) is 0.635. The van der Waals surface area contributed by atoms with E-state index in [2.05, 4.69) is 53.8 Å². The van der Waals surface area contributed by atoms with Crippen LogP contribution in [-0.2, 0) is 19.5 Å². The number of aryl methyl sites for hydroxylation is 2. The maximum absolute atomic E-state index is 4.44. The smallest absolute Gasteiger partial charge is 0.191 e. The number of hydrogen-bond donors (Lipinski definition) is 2. The average molecular weight is 377 g/mol. The highest BCUT2D eigenvalue weighted by molar-refractivity contribution is 9.10. The summed E-state index contributed by atoms with van der Waals surface area (Å²) in [4.78, 5) is 8.76. The fourth-order valence-corrected chi connectivity index (χ4v) is 2.99. The molecule has 0 bridgehead atoms. The fraction of sp³-hybridized carbons (Fsp3) is 0.438. The Morgan fingerprint density at radius 2 is 2.17 bits per heavy atom. The Morgan fingerprint density at radius 3 is 2.91 bits per heavy atom. The van der Waals surface area contributed by atoms with Crippen LogP contribution >= 0.6 is 15.9 Å². The zero-order valence-electron chi connectivity index (χ0n) is 13.4. The number of fused-ring (bicyclic) bond motifs is 1. The Bertz CT molecular complexity index is 691. The lowest BCUT2D eigenvalue weighted by molar-refractivity contribution is 0.392. The molecule has 0 amide bonds. The van der Waals surface area contributed by atoms with Gasteiger partial charge in [0, 0.05) is 30.5 Å². The summed E-state index contributed by atoms with van der Waals surface area (Å²) in [7, 11) is 1.80. The number of nitrogens with one attached hydrogen (secondary N) is 2. The van der Waals surface area contributed by atoms with Crippen LogP contribution in [0.15, 0.2) is 33.7 Å². The van der Waals surface area contributed by atoms with Crippen molar-refractivity contribution in [3.8, 4) is 0 Å². The van der Waals surface area contributed by atoms with Gasteiger partial charge in [0.2, 0.25) is 0 Å². The van der Waals surface area contributed by atoms with Gasteiger partial charge in [-0.2, -0.15) is 5.10 Å². The first-order chi connectivity index (χ1) is 11.1. The van der Waals surface area contributed by atoms with Crippen molar-refractivity contribution >= 4 is 21.9 Å². The summed E-state index contributed by atoms with van der Waals surface area (Å²) in [5.74, 6) is 2.75. The molecule has 122 valence electrons. The molecule has 0 saturated carbocycles. The number of benzene rings is 1. The van der Waals surface area contributed by atoms with Crippen LogP contribution in [0.3, 0.4) is 0 Å². The molecule has 1 atom stereocenters. The van der Waals surface area contributed by atoms with Gasteiger partial charge in [-0.15, -0.1) is 0 Å². The number of hydrogen-bond acceptors (Lipinski definition) is 3. The number of rotatable bonds is 3. The molecule has 7 heteroatoms. The van der Waals surface area contributed by atoms with Gasteiger partial charge in [-0.25, -0.2) is 9.67 Å². The second-order valence-electron chi connectivity index (χ2n) is 5.69. The Balaban J connectivity index is 1.55. The Morgan fingerprint density at radius 1 is 1.39 bits per heavy atom. The van der Waals surface area contributed by atoms with Crippen molar-refractivity contribution in [3.05, 3.63) is 46.0 Å². The molecule has 0 fully saturated rings. The van der Waals surface area contributed by atoms with Crippen LogP contribution in [-0.4, -0.2) is 33.8 Å². The highest BCUT2D eigenvalue weighted by Gasteiger charge is 2.21. The molecule has 0 aliphatic carbocycles. The Labute approximate surface area is 144 Å². The molecule has 0 radical (unpaired) electrons. The highest BCUT2D eigenvalue weighted by Crippen LogP contribution is 2.13. The summed E-state index contributed by atoms with van der Waals surface area (Å²) in [5.41, 5.74) is 1.22. The van der Waals surface area contributed by atoms with E-state index in [1.165, 1.54) is 5.56 Å². The number of aliphatic imine (C=N–C) groups is 1. The van der Waals surface area contributed by atoms with Crippen molar-refractivity contribution in [2.24, 2.45) is 4.99 Å². The lowest BCUT2D eigenvalue weighted by atomic mass is 10.1. The van der Waals surface area contributed by atoms with Crippen molar-refractivity contribution in [1.82, 2.24) is 25.4 Å². The van der Waals surface area contributed by atoms with Crippen LogP contribution in [0.1, 0.15) is 23.6 Å². The van der Waals surface area contributed by atoms with Gasteiger partial charge >= 0.3 is 0 Å². The van der Waals surface area contributed by atoms with E-state index in [0.29, 0.717) is 6.04 Å². The molecule has 0 saturated heterocycles. The van der Waals surface area contributed by atoms with Gasteiger partial charge in [0.1, 0.15) is 11.6 Å². The van der Waals surface area contributed by atoms with Crippen LogP contribution < -0.4 is 10.6 Å². The normalized spacial score (nSPS) is 17.7. The molecule has 6 nitrogen and oxygen atoms in total. The third kappa shape index (κ3) is 4.10. The van der Waals surface area contributed by atoms with E-state index in [1.807, 2.05) is 23.7 Å². The number of halogens is 1. The zero-order valence-corrected chi connectivity index (χ0v) is 15.0. The van der Waals surface area contributed by atoms with E-state index in [0.717, 1.165) is 48.0 Å². The summed E-state index contributed by atoms with van der Waals surface area (Å²) < 4.78 is 3.09. The van der Waals surface area contributed by atoms with Gasteiger partial charge in [0.25, 0.3) is 0 Å². The molecule has 1 aromatic carbocycles. The summed E-state index contributed by atoms with van der Waals surface area (Å²) in [6, 6.07) is 8.59. The van der Waals surface area contributed by atoms with E-state index in [-0.39, 0.29) is 0 Å². The van der Waals surface area contributed by atoms with Crippen LogP contribution in [0.5, 0.6) is 0 Å². The second kappa shape index (κ2) is 7.12. The molecular weight excluding hydrogens is 356 g/mol. The maximum Gasteiger partial charge on any atom is 0.191 e. The SMILES string of the molecule is CN=C(NCc1ccc(Br)cc1)NC1CCc2nc(C)nn2C1. The lowest BCUT2D eigenvalue weighted by Crippen LogP contribution is -2.46. The molecule has 1 aliphatic rings. The third-order valence-corrected chi connectivity index (χ3v) is 4.43. The second-order valence-corrected chi connectivity index (χ2v) is 6.61. The van der Waals surface area contributed by atoms with Crippen LogP contribution in [0.4, 0.5) is 0 Å². The predicted octanol–water partition coefficient (Wildman–Crippen LogP) is 2.03. The minimum atomic E-state index is 0.319. The summed E-state index contributed by atoms with van der Waals surface area (Å²) in [5, 5.41) is 11.3. The van der Waals surface area contributed by atoms with Crippen molar-refractivity contribution in [3.63, 3.8) is 0 Å². The molecule has 1 aliphatic heterocycles. The van der Waals surface area contributed by atoms with E-state index in [4.69, 9.17) is 0 Å². The first-order valence-corrected chi connectivity index (χ1v) is 8.55. The minimum absolute atomic E-state index is 0.319. The highest BCUT2D eigenvalue weighted by atomic mass is 79.9. The molecule has 2 aromatic rings. The number of aromatic nitrogens is 3. The Kier molecular flexibility index (Phi) is 4.95. The van der Waals surface area contributed by atoms with Gasteiger partial charge in [-0.05, 0) is 31.0 Å². The van der Waals surface area contributed by atoms with Crippen LogP contribution in [0.25, 0.3) is 0 Å². The maximum atomic E-state index is 4.44. The van der Waals surface area contributed by atoms with Crippen LogP contribution in [0, 0.1) is 6.92 Å². The Hall–Kier alpha value is -1.89. The van der Waals surface area contributed by atoms with Gasteiger partial charge in [0.05, 0.1) is 6.54 Å². The largest absolute Gasteiger partial charge is 0.352 e. The first-order valence-electron chi connectivity index (χ1n) is 7.76. The average Bonchev–Trinajstić information content (AvgIpc) is 2.92. The van der Waals surface area contributed by atoms with E-state index >= 15 is 0 Å². The molecule has 1 aromatic heterocycles. The fourth-order valence-electron chi connectivity index (χ4n) is 2.73. The number of nitrogens with zero attached hydrogens (tertiary/aromatic N) is 4. The van der Waals surface area contributed by atoms with Crippen molar-refractivity contribution in [2.45, 2.75) is 38.9 Å². The zero-order chi connectivity index (χ0) is 16.2. The molecule has 2 N–H and O–H groups in total. The summed E-state index contributed by atoms with van der Waals surface area (Å²) >= 11 is 3.45. The molecular formula is C16H21BrN6. The topological polar surface area (TPSA) is 67.1 Å². The van der Waals surface area contributed by atoms with E-state index in [9.17, 15) is 0 Å². The van der Waals surface area contributed by atoms with Gasteiger partial charge in [0.15, 0.2) is 5.96 Å². The molecule has 2 heterocycles. The lowest BCUT2D eigenvalue weighted by Gasteiger charge is -2.25. The first kappa shape index (κ1) is 16.0. The van der Waals surface area contributed by atoms with Crippen molar-refractivity contribution < 1.29 is 0 Å². The minimum Gasteiger partial charge on any atom is -0.352 e. The summed E-state index contributed by atoms with van der Waals surface area (Å²) in [6.45, 7) is 3.51. The molecule has 3 rings (SSSR count). The van der Waals surface area contributed by atoms with Crippen LogP contribution in [0.2, 0.25) is 0 Å². The predicted molar refractivity (Wildman–Crippen MR) is 94.3 cm³/mol. The summed E-state index contributed by atoms with van der Waals surface area (Å²) in [6.07, 6.45) is 1.99. The molecule has 1 unspecified atom stereocenters. The van der Waals surface area contributed by atoms with Gasteiger partial charge < -0.3 is 10.6 Å². The number of guanidine groups is 1. The third-order valence-electron chi connectivity index (χ3n) is 3.90. The standard InChI is InChI=1S/C16H21BrN6/c1-11-20-15-8-7-14(10-23(15)22-11)21-16(18-2)19-9-12-3-5-13(17)6-4-12/h3-6,14H,7-10H2,1-2H3,(H2,18,19,21). The van der Waals surface area contributed by atoms with E-state index < -0.39 is 0 Å². The van der Waals surface area contributed by atoms with Gasteiger partial charge in [-0.3, -0.25) is 4.99 Å². The molecule has 0 spiro atoms. The van der Waals surface area contributed by atoms with E-state index in [1.54, 1.807) is 7.05 Å². The van der Waals surface area contributed by atoms with Crippen molar-refractivity contribution in [2.75, 3.05) is 7.05 Å². The van der Waals surface area contributed by atoms with Gasteiger partial charge in [-0.1, -0.05) is 28.1 Å². The molecule has 23 heavy (non-hydrogen) atoms. The van der Waals surface area contributed by atoms with Crippen molar-refractivity contribution in [1.29, 1.82) is 0 Å². The monoisotopic (exact) mass is 376 g/mol.